The highest BCUT2D eigenvalue weighted by Gasteiger charge is 2.10. The van der Waals surface area contributed by atoms with Crippen molar-refractivity contribution in [3.63, 3.8) is 0 Å². The highest BCUT2D eigenvalue weighted by Crippen LogP contribution is 2.17. The molecule has 1 aromatic rings. The van der Waals surface area contributed by atoms with Crippen LogP contribution < -0.4 is 5.32 Å². The van der Waals surface area contributed by atoms with Gasteiger partial charge in [0, 0.05) is 31.0 Å². The summed E-state index contributed by atoms with van der Waals surface area (Å²) < 4.78 is 0. The third-order valence-corrected chi connectivity index (χ3v) is 2.97. The summed E-state index contributed by atoms with van der Waals surface area (Å²) in [5.74, 6) is 0. The molecule has 1 atom stereocenters. The second-order valence-corrected chi connectivity index (χ2v) is 4.24. The molecule has 0 spiro atoms. The fraction of sp³-hybridized carbons (Fsp3) is 0.615. The highest BCUT2D eigenvalue weighted by atomic mass is 15.1. The van der Waals surface area contributed by atoms with Crippen LogP contribution in [0.3, 0.4) is 0 Å². The van der Waals surface area contributed by atoms with Crippen molar-refractivity contribution in [3.8, 4) is 0 Å². The van der Waals surface area contributed by atoms with Crippen LogP contribution in [0.4, 0.5) is 0 Å². The van der Waals surface area contributed by atoms with Crippen LogP contribution in [-0.4, -0.2) is 36.6 Å². The molecule has 0 saturated carbocycles. The SMILES string of the molecule is CCNCCN(C)C(C)c1ccc(C)nc1. The van der Waals surface area contributed by atoms with Gasteiger partial charge in [0.15, 0.2) is 0 Å². The van der Waals surface area contributed by atoms with Crippen LogP contribution in [0.15, 0.2) is 18.3 Å². The van der Waals surface area contributed by atoms with E-state index in [0.717, 1.165) is 25.3 Å². The lowest BCUT2D eigenvalue weighted by atomic mass is 10.1. The predicted molar refractivity (Wildman–Crippen MR) is 68.6 cm³/mol. The molecule has 0 amide bonds. The summed E-state index contributed by atoms with van der Waals surface area (Å²) in [7, 11) is 2.15. The van der Waals surface area contributed by atoms with Gasteiger partial charge in [-0.1, -0.05) is 13.0 Å². The number of rotatable bonds is 6. The van der Waals surface area contributed by atoms with Gasteiger partial charge in [-0.25, -0.2) is 0 Å². The van der Waals surface area contributed by atoms with Crippen molar-refractivity contribution in [2.45, 2.75) is 26.8 Å². The molecule has 16 heavy (non-hydrogen) atoms. The second-order valence-electron chi connectivity index (χ2n) is 4.24. The minimum Gasteiger partial charge on any atom is -0.316 e. The van der Waals surface area contributed by atoms with Crippen molar-refractivity contribution >= 4 is 0 Å². The molecule has 0 fully saturated rings. The highest BCUT2D eigenvalue weighted by molar-refractivity contribution is 5.16. The van der Waals surface area contributed by atoms with Gasteiger partial charge in [-0.15, -0.1) is 0 Å². The van der Waals surface area contributed by atoms with E-state index >= 15 is 0 Å². The van der Waals surface area contributed by atoms with E-state index in [0.29, 0.717) is 6.04 Å². The van der Waals surface area contributed by atoms with E-state index in [1.165, 1.54) is 5.56 Å². The molecule has 1 aromatic heterocycles. The van der Waals surface area contributed by atoms with Gasteiger partial charge in [-0.3, -0.25) is 9.88 Å². The molecular formula is C13H23N3. The molecule has 0 aliphatic carbocycles. The van der Waals surface area contributed by atoms with Crippen molar-refractivity contribution in [3.05, 3.63) is 29.6 Å². The zero-order chi connectivity index (χ0) is 12.0. The van der Waals surface area contributed by atoms with Crippen LogP contribution in [0.25, 0.3) is 0 Å². The van der Waals surface area contributed by atoms with Crippen LogP contribution in [0.2, 0.25) is 0 Å². The van der Waals surface area contributed by atoms with Gasteiger partial charge < -0.3 is 5.32 Å². The van der Waals surface area contributed by atoms with Crippen LogP contribution in [0.1, 0.15) is 31.1 Å². The van der Waals surface area contributed by atoms with E-state index < -0.39 is 0 Å². The van der Waals surface area contributed by atoms with Crippen LogP contribution in [0.5, 0.6) is 0 Å². The first-order valence-electron chi connectivity index (χ1n) is 5.98. The number of nitrogens with one attached hydrogen (secondary N) is 1. The minimum atomic E-state index is 0.423. The number of nitrogens with zero attached hydrogens (tertiary/aromatic N) is 2. The first-order valence-corrected chi connectivity index (χ1v) is 5.98. The molecule has 1 rings (SSSR count). The van der Waals surface area contributed by atoms with Gasteiger partial charge >= 0.3 is 0 Å². The largest absolute Gasteiger partial charge is 0.316 e. The third-order valence-electron chi connectivity index (χ3n) is 2.97. The van der Waals surface area contributed by atoms with Crippen LogP contribution in [0, 0.1) is 6.92 Å². The van der Waals surface area contributed by atoms with E-state index in [1.54, 1.807) is 0 Å². The Balaban J connectivity index is 2.49. The summed E-state index contributed by atoms with van der Waals surface area (Å²) in [5.41, 5.74) is 2.36. The molecule has 90 valence electrons. The zero-order valence-corrected chi connectivity index (χ0v) is 10.8. The Morgan fingerprint density at radius 3 is 2.75 bits per heavy atom. The molecule has 0 aliphatic rings. The summed E-state index contributed by atoms with van der Waals surface area (Å²) in [6, 6.07) is 4.66. The second kappa shape index (κ2) is 6.61. The molecule has 0 aliphatic heterocycles. The van der Waals surface area contributed by atoms with E-state index in [-0.39, 0.29) is 0 Å². The normalized spacial score (nSPS) is 13.1. The third kappa shape index (κ3) is 3.91. The van der Waals surface area contributed by atoms with Gasteiger partial charge in [0.25, 0.3) is 0 Å². The number of hydrogen-bond donors (Lipinski definition) is 1. The van der Waals surface area contributed by atoms with E-state index in [1.807, 2.05) is 13.1 Å². The Kier molecular flexibility index (Phi) is 5.43. The maximum atomic E-state index is 4.34. The van der Waals surface area contributed by atoms with Crippen molar-refractivity contribution < 1.29 is 0 Å². The summed E-state index contributed by atoms with van der Waals surface area (Å²) in [6.45, 7) is 9.50. The van der Waals surface area contributed by atoms with Gasteiger partial charge in [0.05, 0.1) is 0 Å². The summed E-state index contributed by atoms with van der Waals surface area (Å²) in [6.07, 6.45) is 1.98. The van der Waals surface area contributed by atoms with Crippen molar-refractivity contribution in [1.82, 2.24) is 15.2 Å². The number of aryl methyl sites for hydroxylation is 1. The summed E-state index contributed by atoms with van der Waals surface area (Å²) in [5, 5.41) is 3.34. The number of hydrogen-bond acceptors (Lipinski definition) is 3. The Hall–Kier alpha value is -0.930. The van der Waals surface area contributed by atoms with Gasteiger partial charge in [0.2, 0.25) is 0 Å². The average molecular weight is 221 g/mol. The number of likely N-dealkylation sites (N-methyl/N-ethyl adjacent to an activating group) is 2. The minimum absolute atomic E-state index is 0.423. The topological polar surface area (TPSA) is 28.2 Å². The van der Waals surface area contributed by atoms with Crippen LogP contribution >= 0.6 is 0 Å². The average Bonchev–Trinajstić information content (AvgIpc) is 2.29. The van der Waals surface area contributed by atoms with Crippen molar-refractivity contribution in [1.29, 1.82) is 0 Å². The molecule has 0 saturated heterocycles. The monoisotopic (exact) mass is 221 g/mol. The van der Waals surface area contributed by atoms with E-state index in [4.69, 9.17) is 0 Å². The van der Waals surface area contributed by atoms with Crippen molar-refractivity contribution in [2.24, 2.45) is 0 Å². The Labute approximate surface area is 98.9 Å². The maximum absolute atomic E-state index is 4.34. The Bertz CT molecular complexity index is 295. The maximum Gasteiger partial charge on any atom is 0.0372 e. The lowest BCUT2D eigenvalue weighted by Crippen LogP contribution is -2.31. The molecule has 1 heterocycles. The fourth-order valence-electron chi connectivity index (χ4n) is 1.61. The Morgan fingerprint density at radius 1 is 1.44 bits per heavy atom. The molecule has 3 nitrogen and oxygen atoms in total. The van der Waals surface area contributed by atoms with E-state index in [9.17, 15) is 0 Å². The first-order chi connectivity index (χ1) is 7.65. The lowest BCUT2D eigenvalue weighted by molar-refractivity contribution is 0.261. The van der Waals surface area contributed by atoms with E-state index in [2.05, 4.69) is 48.2 Å². The molecular weight excluding hydrogens is 198 g/mol. The quantitative estimate of drug-likeness (QED) is 0.745. The molecule has 1 unspecified atom stereocenters. The predicted octanol–water partition coefficient (Wildman–Crippen LogP) is 1.99. The zero-order valence-electron chi connectivity index (χ0n) is 10.8. The van der Waals surface area contributed by atoms with Gasteiger partial charge in [-0.05, 0) is 39.1 Å². The Morgan fingerprint density at radius 2 is 2.19 bits per heavy atom. The molecule has 3 heteroatoms. The molecule has 0 bridgehead atoms. The number of pyridine rings is 1. The molecule has 0 radical (unpaired) electrons. The lowest BCUT2D eigenvalue weighted by Gasteiger charge is -2.24. The summed E-state index contributed by atoms with van der Waals surface area (Å²) in [4.78, 5) is 6.68. The molecule has 0 aromatic carbocycles. The summed E-state index contributed by atoms with van der Waals surface area (Å²) >= 11 is 0. The first kappa shape index (κ1) is 13.1. The van der Waals surface area contributed by atoms with Gasteiger partial charge in [-0.2, -0.15) is 0 Å². The smallest absolute Gasteiger partial charge is 0.0372 e. The standard InChI is InChI=1S/C13H23N3/c1-5-14-8-9-16(4)12(3)13-7-6-11(2)15-10-13/h6-7,10,12,14H,5,8-9H2,1-4H3. The van der Waals surface area contributed by atoms with Crippen molar-refractivity contribution in [2.75, 3.05) is 26.7 Å². The van der Waals surface area contributed by atoms with Gasteiger partial charge in [0.1, 0.15) is 0 Å². The number of aromatic nitrogens is 1. The fourth-order valence-corrected chi connectivity index (χ4v) is 1.61. The van der Waals surface area contributed by atoms with Crippen LogP contribution in [-0.2, 0) is 0 Å². The molecule has 1 N–H and O–H groups in total.